The third-order valence-corrected chi connectivity index (χ3v) is 14.3. The standard InChI is InChI=1S/C40H50ClF4N5O9S/c1-21-9-6-7-10-23-18-40(23,36(53)48-60(56,57)25-13-14-25)47-33(51)29-16-24(59-34-26-11-8-12-28(41)27(26)17-31(46-34)58-20-30(42)43)19-49(29)35(52)32(22(2)15-21)50(37(54)55)38(3,4)39(5,44)45/h7-8,10-12,17,21-25,29-30,32H,6,9,13-16,18-20H2,1-5H3,(H,47,51)(H,48,53)(H,54,55)/t21-,22-,23-,24-,29+,32+,40-/m1/s1. The summed E-state index contributed by atoms with van der Waals surface area (Å²) in [5, 5.41) is 13.4. The molecular weight excluding hydrogens is 838 g/mol. The van der Waals surface area contributed by atoms with Crippen LogP contribution in [0.3, 0.4) is 0 Å². The first-order valence-corrected chi connectivity index (χ1v) is 21.8. The lowest BCUT2D eigenvalue weighted by Crippen LogP contribution is -2.66. The molecule has 60 heavy (non-hydrogen) atoms. The molecule has 20 heteroatoms. The van der Waals surface area contributed by atoms with Crippen LogP contribution in [-0.2, 0) is 24.4 Å². The van der Waals surface area contributed by atoms with Gasteiger partial charge in [-0.1, -0.05) is 43.7 Å². The van der Waals surface area contributed by atoms with Crippen LogP contribution in [0, 0.1) is 17.8 Å². The Morgan fingerprint density at radius 3 is 2.47 bits per heavy atom. The largest absolute Gasteiger partial charge is 0.472 e. The highest BCUT2D eigenvalue weighted by Crippen LogP contribution is 2.47. The lowest BCUT2D eigenvalue weighted by Gasteiger charge is -2.47. The summed E-state index contributed by atoms with van der Waals surface area (Å²) in [5.41, 5.74) is -4.17. The number of ether oxygens (including phenoxy) is 2. The molecule has 0 spiro atoms. The number of hydrogen-bond donors (Lipinski definition) is 3. The topological polar surface area (TPSA) is 185 Å². The van der Waals surface area contributed by atoms with E-state index in [1.165, 1.54) is 6.07 Å². The molecule has 3 fully saturated rings. The van der Waals surface area contributed by atoms with Gasteiger partial charge in [-0.3, -0.25) is 24.0 Å². The van der Waals surface area contributed by atoms with E-state index in [2.05, 4.69) is 15.0 Å². The van der Waals surface area contributed by atoms with Gasteiger partial charge >= 0.3 is 6.09 Å². The van der Waals surface area contributed by atoms with Gasteiger partial charge in [0.25, 0.3) is 18.3 Å². The summed E-state index contributed by atoms with van der Waals surface area (Å²) in [5.74, 6) is -8.56. The summed E-state index contributed by atoms with van der Waals surface area (Å²) in [4.78, 5) is 62.4. The predicted octanol–water partition coefficient (Wildman–Crippen LogP) is 6.16. The van der Waals surface area contributed by atoms with Crippen molar-refractivity contribution in [3.05, 3.63) is 41.4 Å². The van der Waals surface area contributed by atoms with Gasteiger partial charge in [0.05, 0.1) is 11.8 Å². The van der Waals surface area contributed by atoms with Gasteiger partial charge in [0.15, 0.2) is 6.61 Å². The van der Waals surface area contributed by atoms with Crippen molar-refractivity contribution in [2.45, 2.75) is 126 Å². The maximum absolute atomic E-state index is 15.4. The van der Waals surface area contributed by atoms with E-state index in [0.29, 0.717) is 48.3 Å². The molecule has 0 radical (unpaired) electrons. The molecule has 0 unspecified atom stereocenters. The van der Waals surface area contributed by atoms with Crippen LogP contribution < -0.4 is 19.5 Å². The Balaban J connectivity index is 1.44. The normalized spacial score (nSPS) is 27.9. The second-order valence-corrected chi connectivity index (χ2v) is 19.5. The summed E-state index contributed by atoms with van der Waals surface area (Å²) in [6.45, 7) is 4.63. The minimum Gasteiger partial charge on any atom is -0.472 e. The molecule has 330 valence electrons. The van der Waals surface area contributed by atoms with Gasteiger partial charge in [0.2, 0.25) is 33.6 Å². The van der Waals surface area contributed by atoms with Crippen LogP contribution in [-0.4, -0.2) is 112 Å². The number of nitrogens with one attached hydrogen (secondary N) is 2. The number of halogens is 5. The molecule has 4 amide bonds. The molecule has 2 aromatic rings. The van der Waals surface area contributed by atoms with Crippen LogP contribution in [0.4, 0.5) is 22.4 Å². The lowest BCUT2D eigenvalue weighted by atomic mass is 9.84. The van der Waals surface area contributed by atoms with Gasteiger partial charge in [-0.15, -0.1) is 0 Å². The molecule has 4 aliphatic rings. The van der Waals surface area contributed by atoms with Crippen molar-refractivity contribution in [3.8, 4) is 11.8 Å². The molecule has 14 nitrogen and oxygen atoms in total. The molecule has 1 saturated heterocycles. The summed E-state index contributed by atoms with van der Waals surface area (Å²) in [6, 6.07) is 2.79. The second-order valence-electron chi connectivity index (χ2n) is 17.1. The number of benzene rings is 1. The fourth-order valence-corrected chi connectivity index (χ4v) is 9.81. The SMILES string of the molecule is C[C@@H]1CCC=C[C@@H]2C[C@@]2(C(=O)NS(=O)(=O)C2CC2)NC(=O)[C@@H]2C[C@@H](Oc3nc(OCC(F)F)cc4c(Cl)cccc34)CN2C(=O)[C@@H](N(C(=O)O)C(C)(C)C(C)(F)F)[C@H](C)C1. The van der Waals surface area contributed by atoms with Crippen LogP contribution in [0.1, 0.15) is 79.6 Å². The number of rotatable bonds is 11. The molecule has 6 rings (SSSR count). The molecule has 3 N–H and O–H groups in total. The smallest absolute Gasteiger partial charge is 0.408 e. The van der Waals surface area contributed by atoms with Crippen LogP contribution in [0.15, 0.2) is 36.4 Å². The van der Waals surface area contributed by atoms with Gasteiger partial charge in [-0.05, 0) is 76.3 Å². The number of sulfonamides is 1. The number of alkyl halides is 4. The van der Waals surface area contributed by atoms with Crippen LogP contribution in [0.2, 0.25) is 5.02 Å². The number of allylic oxidation sites excluding steroid dienone is 1. The number of carbonyl (C=O) groups is 4. The first kappa shape index (κ1) is 45.1. The van der Waals surface area contributed by atoms with E-state index in [4.69, 9.17) is 21.1 Å². The van der Waals surface area contributed by atoms with Crippen LogP contribution >= 0.6 is 11.6 Å². The van der Waals surface area contributed by atoms with E-state index >= 15 is 13.6 Å². The molecule has 1 aromatic carbocycles. The second kappa shape index (κ2) is 16.8. The average Bonchev–Trinajstić information content (AvgIpc) is 4.07. The molecule has 2 aliphatic heterocycles. The Hall–Kier alpha value is -4.39. The molecule has 2 saturated carbocycles. The van der Waals surface area contributed by atoms with Crippen molar-refractivity contribution in [3.63, 3.8) is 0 Å². The Morgan fingerprint density at radius 2 is 1.83 bits per heavy atom. The number of carbonyl (C=O) groups excluding carboxylic acids is 3. The molecule has 1 aromatic heterocycles. The minimum atomic E-state index is -4.05. The molecular formula is C40H50ClF4N5O9S. The zero-order valence-electron chi connectivity index (χ0n) is 33.8. The van der Waals surface area contributed by atoms with E-state index in [1.54, 1.807) is 31.2 Å². The quantitative estimate of drug-likeness (QED) is 0.175. The van der Waals surface area contributed by atoms with Crippen molar-refractivity contribution in [1.82, 2.24) is 24.8 Å². The third-order valence-electron chi connectivity index (χ3n) is 12.1. The van der Waals surface area contributed by atoms with Gasteiger partial charge in [0.1, 0.15) is 29.3 Å². The van der Waals surface area contributed by atoms with Crippen molar-refractivity contribution in [1.29, 1.82) is 0 Å². The number of carboxylic acid groups (broad SMARTS) is 1. The maximum atomic E-state index is 15.4. The average molecular weight is 888 g/mol. The summed E-state index contributed by atoms with van der Waals surface area (Å²) in [6.07, 6.45) is -0.518. The highest BCUT2D eigenvalue weighted by molar-refractivity contribution is 7.91. The van der Waals surface area contributed by atoms with Gasteiger partial charge < -0.3 is 24.8 Å². The van der Waals surface area contributed by atoms with Crippen LogP contribution in [0.25, 0.3) is 10.8 Å². The van der Waals surface area contributed by atoms with Crippen molar-refractivity contribution in [2.24, 2.45) is 17.8 Å². The van der Waals surface area contributed by atoms with Crippen molar-refractivity contribution in [2.75, 3.05) is 13.2 Å². The first-order chi connectivity index (χ1) is 28.0. The predicted molar refractivity (Wildman–Crippen MR) is 212 cm³/mol. The number of nitrogens with zero attached hydrogens (tertiary/aromatic N) is 3. The zero-order valence-corrected chi connectivity index (χ0v) is 35.4. The van der Waals surface area contributed by atoms with E-state index in [9.17, 15) is 36.7 Å². The van der Waals surface area contributed by atoms with E-state index in [1.807, 2.05) is 13.0 Å². The Kier molecular flexibility index (Phi) is 12.7. The number of aromatic nitrogens is 1. The van der Waals surface area contributed by atoms with Gasteiger partial charge in [-0.2, -0.15) is 4.98 Å². The Labute approximate surface area is 350 Å². The Bertz CT molecular complexity index is 2150. The number of fused-ring (bicyclic) bond motifs is 3. The van der Waals surface area contributed by atoms with E-state index in [-0.39, 0.29) is 42.0 Å². The number of pyridine rings is 1. The van der Waals surface area contributed by atoms with Gasteiger partial charge in [0, 0.05) is 41.1 Å². The first-order valence-electron chi connectivity index (χ1n) is 19.9. The van der Waals surface area contributed by atoms with E-state index < -0.39 is 106 Å². The summed E-state index contributed by atoms with van der Waals surface area (Å²) < 4.78 is 96.5. The number of amides is 4. The van der Waals surface area contributed by atoms with Gasteiger partial charge in [-0.25, -0.2) is 30.8 Å². The molecule has 7 atom stereocenters. The lowest BCUT2D eigenvalue weighted by molar-refractivity contribution is -0.156. The molecule has 2 aliphatic carbocycles. The molecule has 0 bridgehead atoms. The number of hydrogen-bond acceptors (Lipinski definition) is 9. The monoisotopic (exact) mass is 887 g/mol. The third kappa shape index (κ3) is 9.26. The van der Waals surface area contributed by atoms with Crippen LogP contribution in [0.5, 0.6) is 11.8 Å². The fraction of sp³-hybridized carbons (Fsp3) is 0.625. The van der Waals surface area contributed by atoms with Crippen molar-refractivity contribution < 1.29 is 59.7 Å². The molecule has 3 heterocycles. The maximum Gasteiger partial charge on any atom is 0.408 e. The minimum absolute atomic E-state index is 0.0334. The fourth-order valence-electron chi connectivity index (χ4n) is 8.22. The Morgan fingerprint density at radius 1 is 1.13 bits per heavy atom. The highest BCUT2D eigenvalue weighted by Gasteiger charge is 2.62. The summed E-state index contributed by atoms with van der Waals surface area (Å²) in [7, 11) is -4.05. The highest BCUT2D eigenvalue weighted by atomic mass is 35.5. The van der Waals surface area contributed by atoms with E-state index in [0.717, 1.165) is 18.7 Å². The zero-order chi connectivity index (χ0) is 44.1. The van der Waals surface area contributed by atoms with Crippen molar-refractivity contribution >= 4 is 56.2 Å². The summed E-state index contributed by atoms with van der Waals surface area (Å²) >= 11 is 6.45.